The molecule has 2 aromatic rings. The van der Waals surface area contributed by atoms with Gasteiger partial charge < -0.3 is 10.2 Å². The molecule has 0 radical (unpaired) electrons. The number of halogens is 1. The molecular formula is C16H21FN2O. The lowest BCUT2D eigenvalue weighted by Crippen LogP contribution is -2.26. The molecule has 20 heavy (non-hydrogen) atoms. The van der Waals surface area contributed by atoms with E-state index in [1.54, 1.807) is 18.4 Å². The average molecular weight is 276 g/mol. The van der Waals surface area contributed by atoms with E-state index < -0.39 is 0 Å². The van der Waals surface area contributed by atoms with Gasteiger partial charge in [-0.25, -0.2) is 4.39 Å². The summed E-state index contributed by atoms with van der Waals surface area (Å²) in [4.78, 5) is 2.28. The fourth-order valence-corrected chi connectivity index (χ4v) is 2.17. The molecule has 0 aliphatic carbocycles. The van der Waals surface area contributed by atoms with E-state index in [0.717, 1.165) is 37.4 Å². The molecule has 0 aliphatic heterocycles. The van der Waals surface area contributed by atoms with Crippen LogP contribution < -0.4 is 5.73 Å². The molecule has 0 bridgehead atoms. The minimum atomic E-state index is -0.228. The molecule has 2 N–H and O–H groups in total. The zero-order valence-corrected chi connectivity index (χ0v) is 11.8. The van der Waals surface area contributed by atoms with E-state index in [-0.39, 0.29) is 11.9 Å². The minimum absolute atomic E-state index is 0.0683. The molecule has 0 saturated heterocycles. The second-order valence-electron chi connectivity index (χ2n) is 4.89. The van der Waals surface area contributed by atoms with Gasteiger partial charge in [-0.3, -0.25) is 4.90 Å². The standard InChI is InChI=1S/C16H21FN2O/c1-2-19(12-15-4-3-11-20-15)10-9-16(18)13-5-7-14(17)8-6-13/h3-8,11,16H,2,9-10,12,18H2,1H3. The Kier molecular flexibility index (Phi) is 5.32. The maximum atomic E-state index is 12.9. The van der Waals surface area contributed by atoms with Gasteiger partial charge >= 0.3 is 0 Å². The van der Waals surface area contributed by atoms with Crippen molar-refractivity contribution in [2.75, 3.05) is 13.1 Å². The number of hydrogen-bond acceptors (Lipinski definition) is 3. The van der Waals surface area contributed by atoms with E-state index in [2.05, 4.69) is 11.8 Å². The van der Waals surface area contributed by atoms with Crippen molar-refractivity contribution >= 4 is 0 Å². The van der Waals surface area contributed by atoms with Crippen molar-refractivity contribution in [1.82, 2.24) is 4.90 Å². The van der Waals surface area contributed by atoms with E-state index >= 15 is 0 Å². The van der Waals surface area contributed by atoms with Gasteiger partial charge in [0.2, 0.25) is 0 Å². The molecule has 0 aliphatic rings. The zero-order valence-electron chi connectivity index (χ0n) is 11.8. The molecule has 0 amide bonds. The third-order valence-corrected chi connectivity index (χ3v) is 3.46. The first-order chi connectivity index (χ1) is 9.69. The Morgan fingerprint density at radius 2 is 2.00 bits per heavy atom. The Labute approximate surface area is 119 Å². The first kappa shape index (κ1) is 14.8. The summed E-state index contributed by atoms with van der Waals surface area (Å²) in [6.07, 6.45) is 2.52. The first-order valence-corrected chi connectivity index (χ1v) is 6.95. The lowest BCUT2D eigenvalue weighted by molar-refractivity contribution is 0.246. The fourth-order valence-electron chi connectivity index (χ4n) is 2.17. The normalized spacial score (nSPS) is 12.8. The predicted molar refractivity (Wildman–Crippen MR) is 77.6 cm³/mol. The van der Waals surface area contributed by atoms with Crippen molar-refractivity contribution < 1.29 is 8.81 Å². The van der Waals surface area contributed by atoms with E-state index in [0.29, 0.717) is 0 Å². The van der Waals surface area contributed by atoms with Crippen LogP contribution in [0.5, 0.6) is 0 Å². The SMILES string of the molecule is CCN(CCC(N)c1ccc(F)cc1)Cc1ccco1. The predicted octanol–water partition coefficient (Wildman–Crippen LogP) is 3.33. The minimum Gasteiger partial charge on any atom is -0.468 e. The number of rotatable bonds is 7. The number of furan rings is 1. The second kappa shape index (κ2) is 7.22. The summed E-state index contributed by atoms with van der Waals surface area (Å²) in [6.45, 7) is 4.73. The van der Waals surface area contributed by atoms with Crippen LogP contribution in [0.3, 0.4) is 0 Å². The summed E-state index contributed by atoms with van der Waals surface area (Å²) in [5, 5.41) is 0. The first-order valence-electron chi connectivity index (χ1n) is 6.95. The van der Waals surface area contributed by atoms with Crippen LogP contribution in [-0.2, 0) is 6.54 Å². The Balaban J connectivity index is 1.84. The zero-order chi connectivity index (χ0) is 14.4. The maximum absolute atomic E-state index is 12.9. The van der Waals surface area contributed by atoms with Crippen LogP contribution >= 0.6 is 0 Å². The fraction of sp³-hybridized carbons (Fsp3) is 0.375. The van der Waals surface area contributed by atoms with Crippen molar-refractivity contribution in [3.63, 3.8) is 0 Å². The highest BCUT2D eigenvalue weighted by Gasteiger charge is 2.10. The van der Waals surface area contributed by atoms with Crippen molar-refractivity contribution in [3.8, 4) is 0 Å². The average Bonchev–Trinajstić information content (AvgIpc) is 2.96. The molecule has 0 saturated carbocycles. The van der Waals surface area contributed by atoms with Crippen molar-refractivity contribution in [1.29, 1.82) is 0 Å². The topological polar surface area (TPSA) is 42.4 Å². The summed E-state index contributed by atoms with van der Waals surface area (Å²) in [5.74, 6) is 0.733. The number of nitrogens with two attached hydrogens (primary N) is 1. The van der Waals surface area contributed by atoms with Crippen LogP contribution in [0.1, 0.15) is 30.7 Å². The lowest BCUT2D eigenvalue weighted by Gasteiger charge is -2.21. The summed E-state index contributed by atoms with van der Waals surface area (Å²) >= 11 is 0. The summed E-state index contributed by atoms with van der Waals surface area (Å²) in [5.41, 5.74) is 7.12. The van der Waals surface area contributed by atoms with Gasteiger partial charge in [0, 0.05) is 12.6 Å². The van der Waals surface area contributed by atoms with E-state index in [4.69, 9.17) is 10.2 Å². The van der Waals surface area contributed by atoms with E-state index in [1.165, 1.54) is 12.1 Å². The molecule has 2 rings (SSSR count). The van der Waals surface area contributed by atoms with Gasteiger partial charge in [0.1, 0.15) is 11.6 Å². The molecule has 1 aromatic carbocycles. The van der Waals surface area contributed by atoms with Crippen LogP contribution in [0.2, 0.25) is 0 Å². The molecule has 1 heterocycles. The Morgan fingerprint density at radius 3 is 2.60 bits per heavy atom. The number of hydrogen-bond donors (Lipinski definition) is 1. The second-order valence-corrected chi connectivity index (χ2v) is 4.89. The van der Waals surface area contributed by atoms with Crippen molar-refractivity contribution in [2.24, 2.45) is 5.73 Å². The molecule has 1 aromatic heterocycles. The quantitative estimate of drug-likeness (QED) is 0.843. The van der Waals surface area contributed by atoms with Gasteiger partial charge in [0.05, 0.1) is 12.8 Å². The molecule has 0 spiro atoms. The highest BCUT2D eigenvalue weighted by atomic mass is 19.1. The van der Waals surface area contributed by atoms with Gasteiger partial charge in [-0.1, -0.05) is 19.1 Å². The van der Waals surface area contributed by atoms with Crippen LogP contribution in [0.15, 0.2) is 47.1 Å². The van der Waals surface area contributed by atoms with E-state index in [1.807, 2.05) is 12.1 Å². The summed E-state index contributed by atoms with van der Waals surface area (Å²) < 4.78 is 18.2. The molecule has 108 valence electrons. The largest absolute Gasteiger partial charge is 0.468 e. The molecule has 1 unspecified atom stereocenters. The van der Waals surface area contributed by atoms with Crippen molar-refractivity contribution in [3.05, 3.63) is 59.8 Å². The maximum Gasteiger partial charge on any atom is 0.123 e. The molecule has 1 atom stereocenters. The summed E-state index contributed by atoms with van der Waals surface area (Å²) in [6, 6.07) is 10.2. The summed E-state index contributed by atoms with van der Waals surface area (Å²) in [7, 11) is 0. The smallest absolute Gasteiger partial charge is 0.123 e. The number of nitrogens with zero attached hydrogens (tertiary/aromatic N) is 1. The monoisotopic (exact) mass is 276 g/mol. The molecule has 0 fully saturated rings. The highest BCUT2D eigenvalue weighted by Crippen LogP contribution is 2.16. The molecule has 3 nitrogen and oxygen atoms in total. The van der Waals surface area contributed by atoms with Crippen LogP contribution in [0.25, 0.3) is 0 Å². The Bertz CT molecular complexity index is 496. The highest BCUT2D eigenvalue weighted by molar-refractivity contribution is 5.19. The lowest BCUT2D eigenvalue weighted by atomic mass is 10.0. The van der Waals surface area contributed by atoms with Gasteiger partial charge in [-0.15, -0.1) is 0 Å². The Hall–Kier alpha value is -1.65. The third kappa shape index (κ3) is 4.18. The van der Waals surface area contributed by atoms with E-state index in [9.17, 15) is 4.39 Å². The van der Waals surface area contributed by atoms with Crippen LogP contribution in [-0.4, -0.2) is 18.0 Å². The number of benzene rings is 1. The van der Waals surface area contributed by atoms with Gasteiger partial charge in [-0.2, -0.15) is 0 Å². The van der Waals surface area contributed by atoms with Gasteiger partial charge in [-0.05, 0) is 42.8 Å². The van der Waals surface area contributed by atoms with Crippen LogP contribution in [0.4, 0.5) is 4.39 Å². The van der Waals surface area contributed by atoms with Gasteiger partial charge in [0.25, 0.3) is 0 Å². The molecule has 4 heteroatoms. The Morgan fingerprint density at radius 1 is 1.25 bits per heavy atom. The van der Waals surface area contributed by atoms with Crippen LogP contribution in [0, 0.1) is 5.82 Å². The van der Waals surface area contributed by atoms with Gasteiger partial charge in [0.15, 0.2) is 0 Å². The third-order valence-electron chi connectivity index (χ3n) is 3.46. The van der Waals surface area contributed by atoms with Crippen molar-refractivity contribution in [2.45, 2.75) is 25.9 Å². The molecular weight excluding hydrogens is 255 g/mol.